The van der Waals surface area contributed by atoms with Crippen LogP contribution in [0.15, 0.2) is 267 Å². The van der Waals surface area contributed by atoms with E-state index in [-0.39, 0.29) is 0 Å². The lowest BCUT2D eigenvalue weighted by Gasteiger charge is -2.30. The van der Waals surface area contributed by atoms with Gasteiger partial charge in [-0.25, -0.2) is 0 Å². The van der Waals surface area contributed by atoms with Crippen molar-refractivity contribution in [2.24, 2.45) is 0 Å². The molecule has 1 aromatic heterocycles. The third kappa shape index (κ3) is 5.92. The minimum atomic E-state index is -0.439. The standard InChI is InChI=1S/C67H44N2/c1-5-19-45(20-6-1)47-33-36-53(37-34-47)68(51-23-9-3-10-24-51)54-42-49(46-21-7-2-8-22-46)41-50(43-54)48-35-39-63-58(44-48)66-64(69(63)52-25-11-4-12-26-52)40-38-62-65(66)57-29-15-18-32-61(57)67(62)59-30-16-13-27-55(59)56-28-14-17-31-60(56)67/h1-44H. The summed E-state index contributed by atoms with van der Waals surface area (Å²) in [6.07, 6.45) is 0. The molecule has 0 bridgehead atoms. The zero-order valence-electron chi connectivity index (χ0n) is 37.8. The van der Waals surface area contributed by atoms with Crippen LogP contribution in [0.25, 0.3) is 83.1 Å². The fraction of sp³-hybridized carbons (Fsp3) is 0.0149. The first-order valence-corrected chi connectivity index (χ1v) is 23.9. The van der Waals surface area contributed by atoms with Crippen molar-refractivity contribution in [3.05, 3.63) is 289 Å². The number of aromatic nitrogens is 1. The Morgan fingerprint density at radius 1 is 0.290 bits per heavy atom. The molecule has 14 rings (SSSR count). The molecule has 1 spiro atoms. The summed E-state index contributed by atoms with van der Waals surface area (Å²) < 4.78 is 2.47. The third-order valence-electron chi connectivity index (χ3n) is 14.8. The van der Waals surface area contributed by atoms with Gasteiger partial charge in [-0.1, -0.05) is 194 Å². The molecule has 0 amide bonds. The molecule has 0 aliphatic heterocycles. The van der Waals surface area contributed by atoms with Gasteiger partial charge in [0.25, 0.3) is 0 Å². The van der Waals surface area contributed by atoms with E-state index in [1.54, 1.807) is 0 Å². The van der Waals surface area contributed by atoms with Crippen LogP contribution in [0.1, 0.15) is 22.3 Å². The zero-order chi connectivity index (χ0) is 45.5. The predicted octanol–water partition coefficient (Wildman–Crippen LogP) is 17.6. The number of fused-ring (bicyclic) bond motifs is 14. The Morgan fingerprint density at radius 2 is 0.754 bits per heavy atom. The maximum absolute atomic E-state index is 2.47. The first-order chi connectivity index (χ1) is 34.2. The van der Waals surface area contributed by atoms with Crippen LogP contribution in [0.3, 0.4) is 0 Å². The van der Waals surface area contributed by atoms with E-state index in [2.05, 4.69) is 276 Å². The van der Waals surface area contributed by atoms with E-state index in [0.717, 1.165) is 39.4 Å². The van der Waals surface area contributed by atoms with Crippen LogP contribution in [-0.2, 0) is 5.41 Å². The molecule has 0 radical (unpaired) electrons. The minimum Gasteiger partial charge on any atom is -0.310 e. The van der Waals surface area contributed by atoms with Gasteiger partial charge in [-0.15, -0.1) is 0 Å². The number of hydrogen-bond donors (Lipinski definition) is 0. The molecular formula is C67H44N2. The molecule has 322 valence electrons. The van der Waals surface area contributed by atoms with Crippen LogP contribution in [0.4, 0.5) is 17.1 Å². The van der Waals surface area contributed by atoms with Gasteiger partial charge in [0.15, 0.2) is 0 Å². The first kappa shape index (κ1) is 39.2. The van der Waals surface area contributed by atoms with Crippen molar-refractivity contribution in [1.29, 1.82) is 0 Å². The molecular weight excluding hydrogens is 833 g/mol. The third-order valence-corrected chi connectivity index (χ3v) is 14.8. The number of hydrogen-bond acceptors (Lipinski definition) is 1. The highest BCUT2D eigenvalue weighted by atomic mass is 15.1. The van der Waals surface area contributed by atoms with Gasteiger partial charge in [0.1, 0.15) is 0 Å². The molecule has 11 aromatic carbocycles. The van der Waals surface area contributed by atoms with E-state index in [1.165, 1.54) is 83.0 Å². The Balaban J connectivity index is 1.03. The van der Waals surface area contributed by atoms with Gasteiger partial charge in [0.05, 0.1) is 16.4 Å². The lowest BCUT2D eigenvalue weighted by Crippen LogP contribution is -2.25. The molecule has 12 aromatic rings. The summed E-state index contributed by atoms with van der Waals surface area (Å²) in [7, 11) is 0. The second kappa shape index (κ2) is 15.6. The Hall–Kier alpha value is -8.98. The van der Waals surface area contributed by atoms with Crippen molar-refractivity contribution < 1.29 is 0 Å². The lowest BCUT2D eigenvalue weighted by molar-refractivity contribution is 0.794. The first-order valence-electron chi connectivity index (χ1n) is 23.9. The molecule has 2 aliphatic rings. The highest BCUT2D eigenvalue weighted by Crippen LogP contribution is 2.64. The summed E-state index contributed by atoms with van der Waals surface area (Å²) in [5.41, 5.74) is 24.1. The number of rotatable bonds is 7. The fourth-order valence-electron chi connectivity index (χ4n) is 11.9. The fourth-order valence-corrected chi connectivity index (χ4v) is 11.9. The van der Waals surface area contributed by atoms with Crippen LogP contribution in [0.5, 0.6) is 0 Å². The highest BCUT2D eigenvalue weighted by molar-refractivity contribution is 6.19. The molecule has 69 heavy (non-hydrogen) atoms. The molecule has 2 heteroatoms. The summed E-state index contributed by atoms with van der Waals surface area (Å²) in [5.74, 6) is 0. The molecule has 0 unspecified atom stereocenters. The van der Waals surface area contributed by atoms with E-state index in [4.69, 9.17) is 0 Å². The average Bonchev–Trinajstić information content (AvgIpc) is 4.04. The summed E-state index contributed by atoms with van der Waals surface area (Å²) in [4.78, 5) is 2.39. The molecule has 0 fully saturated rings. The second-order valence-corrected chi connectivity index (χ2v) is 18.4. The molecule has 0 N–H and O–H groups in total. The molecule has 0 atom stereocenters. The van der Waals surface area contributed by atoms with E-state index >= 15 is 0 Å². The molecule has 0 saturated carbocycles. The van der Waals surface area contributed by atoms with E-state index in [0.29, 0.717) is 0 Å². The second-order valence-electron chi connectivity index (χ2n) is 18.4. The van der Waals surface area contributed by atoms with Gasteiger partial charge in [0.2, 0.25) is 0 Å². The van der Waals surface area contributed by atoms with Gasteiger partial charge in [-0.2, -0.15) is 0 Å². The monoisotopic (exact) mass is 876 g/mol. The summed E-state index contributed by atoms with van der Waals surface area (Å²) in [6.45, 7) is 0. The highest BCUT2D eigenvalue weighted by Gasteiger charge is 2.52. The van der Waals surface area contributed by atoms with Crippen LogP contribution in [-0.4, -0.2) is 4.57 Å². The summed E-state index contributed by atoms with van der Waals surface area (Å²) >= 11 is 0. The number of benzene rings is 11. The van der Waals surface area contributed by atoms with Crippen LogP contribution < -0.4 is 4.90 Å². The predicted molar refractivity (Wildman–Crippen MR) is 288 cm³/mol. The SMILES string of the molecule is c1ccc(-c2ccc(N(c3ccccc3)c3cc(-c4ccccc4)cc(-c4ccc5c(c4)c4c6c(ccc4n5-c4ccccc4)C4(c5ccccc5-c5ccccc54)c4ccccc4-6)c3)cc2)cc1. The molecule has 2 aliphatic carbocycles. The zero-order valence-corrected chi connectivity index (χ0v) is 37.8. The Bertz CT molecular complexity index is 3880. The topological polar surface area (TPSA) is 8.17 Å². The average molecular weight is 877 g/mol. The number of nitrogens with zero attached hydrogens (tertiary/aromatic N) is 2. The summed E-state index contributed by atoms with van der Waals surface area (Å²) in [5, 5.41) is 2.51. The quantitative estimate of drug-likeness (QED) is 0.155. The molecule has 2 nitrogen and oxygen atoms in total. The van der Waals surface area contributed by atoms with E-state index in [1.807, 2.05) is 0 Å². The van der Waals surface area contributed by atoms with Crippen molar-refractivity contribution in [3.8, 4) is 61.3 Å². The van der Waals surface area contributed by atoms with Gasteiger partial charge in [0, 0.05) is 33.5 Å². The maximum Gasteiger partial charge on any atom is 0.0725 e. The lowest BCUT2D eigenvalue weighted by atomic mass is 9.70. The Labute approximate surface area is 402 Å². The normalized spacial score (nSPS) is 12.8. The number of anilines is 3. The van der Waals surface area contributed by atoms with Gasteiger partial charge in [-0.3, -0.25) is 0 Å². The van der Waals surface area contributed by atoms with Crippen LogP contribution >= 0.6 is 0 Å². The Morgan fingerprint density at radius 3 is 1.39 bits per heavy atom. The van der Waals surface area contributed by atoms with Crippen molar-refractivity contribution >= 4 is 38.9 Å². The van der Waals surface area contributed by atoms with E-state index < -0.39 is 5.41 Å². The van der Waals surface area contributed by atoms with Crippen LogP contribution in [0, 0.1) is 0 Å². The summed E-state index contributed by atoms with van der Waals surface area (Å²) in [6, 6.07) is 98.5. The van der Waals surface area contributed by atoms with Gasteiger partial charge in [-0.05, 0) is 151 Å². The minimum absolute atomic E-state index is 0.439. The van der Waals surface area contributed by atoms with Crippen LogP contribution in [0.2, 0.25) is 0 Å². The van der Waals surface area contributed by atoms with Crippen molar-refractivity contribution in [2.75, 3.05) is 4.90 Å². The Kier molecular flexibility index (Phi) is 8.84. The van der Waals surface area contributed by atoms with Crippen molar-refractivity contribution in [2.45, 2.75) is 5.41 Å². The molecule has 0 saturated heterocycles. The van der Waals surface area contributed by atoms with Gasteiger partial charge >= 0.3 is 0 Å². The van der Waals surface area contributed by atoms with E-state index in [9.17, 15) is 0 Å². The maximum atomic E-state index is 2.47. The largest absolute Gasteiger partial charge is 0.310 e. The van der Waals surface area contributed by atoms with Crippen molar-refractivity contribution in [1.82, 2.24) is 4.57 Å². The van der Waals surface area contributed by atoms with Gasteiger partial charge < -0.3 is 9.47 Å². The number of para-hydroxylation sites is 2. The molecule has 1 heterocycles. The smallest absolute Gasteiger partial charge is 0.0725 e. The van der Waals surface area contributed by atoms with Crippen molar-refractivity contribution in [3.63, 3.8) is 0 Å².